The van der Waals surface area contributed by atoms with Crippen LogP contribution in [-0.2, 0) is 4.79 Å². The van der Waals surface area contributed by atoms with E-state index in [1.807, 2.05) is 42.0 Å². The average Bonchev–Trinajstić information content (AvgIpc) is 3.08. The molecule has 2 aromatic rings. The highest BCUT2D eigenvalue weighted by molar-refractivity contribution is 5.86. The zero-order chi connectivity index (χ0) is 17.7. The van der Waals surface area contributed by atoms with Crippen molar-refractivity contribution in [1.29, 1.82) is 0 Å². The summed E-state index contributed by atoms with van der Waals surface area (Å²) in [5.41, 5.74) is 1.93. The van der Waals surface area contributed by atoms with Gasteiger partial charge in [-0.1, -0.05) is 12.1 Å². The molecule has 24 heavy (non-hydrogen) atoms. The zero-order valence-corrected chi connectivity index (χ0v) is 14.4. The first-order valence-corrected chi connectivity index (χ1v) is 7.75. The first-order valence-electron chi connectivity index (χ1n) is 7.75. The molecule has 3 amide bonds. The van der Waals surface area contributed by atoms with E-state index in [4.69, 9.17) is 0 Å². The molecule has 1 aromatic heterocycles. The Hall–Kier alpha value is -2.83. The molecule has 7 nitrogen and oxygen atoms in total. The van der Waals surface area contributed by atoms with Crippen LogP contribution in [0.5, 0.6) is 0 Å². The van der Waals surface area contributed by atoms with Crippen molar-refractivity contribution in [3.63, 3.8) is 0 Å². The summed E-state index contributed by atoms with van der Waals surface area (Å²) < 4.78 is 1.90. The average molecular weight is 329 g/mol. The molecule has 2 rings (SSSR count). The van der Waals surface area contributed by atoms with Crippen molar-refractivity contribution in [3.8, 4) is 5.69 Å². The molecule has 0 bridgehead atoms. The van der Waals surface area contributed by atoms with Crippen LogP contribution in [0.3, 0.4) is 0 Å². The van der Waals surface area contributed by atoms with Crippen LogP contribution in [0.1, 0.15) is 25.5 Å². The van der Waals surface area contributed by atoms with Crippen molar-refractivity contribution in [1.82, 2.24) is 25.1 Å². The monoisotopic (exact) mass is 329 g/mol. The van der Waals surface area contributed by atoms with Gasteiger partial charge in [-0.15, -0.1) is 0 Å². The summed E-state index contributed by atoms with van der Waals surface area (Å²) in [5.74, 6) is -0.153. The van der Waals surface area contributed by atoms with E-state index in [1.165, 1.54) is 4.90 Å². The lowest BCUT2D eigenvalue weighted by molar-refractivity contribution is -0.130. The Morgan fingerprint density at radius 3 is 2.58 bits per heavy atom. The summed E-state index contributed by atoms with van der Waals surface area (Å²) in [7, 11) is 3.31. The van der Waals surface area contributed by atoms with E-state index in [1.54, 1.807) is 33.5 Å². The third kappa shape index (κ3) is 4.34. The van der Waals surface area contributed by atoms with Crippen LogP contribution in [-0.4, -0.2) is 46.5 Å². The second-order valence-corrected chi connectivity index (χ2v) is 5.86. The minimum absolute atomic E-state index is 0.153. The molecule has 2 N–H and O–H groups in total. The van der Waals surface area contributed by atoms with E-state index in [2.05, 4.69) is 15.6 Å². The van der Waals surface area contributed by atoms with E-state index in [-0.39, 0.29) is 18.0 Å². The fourth-order valence-corrected chi connectivity index (χ4v) is 2.33. The van der Waals surface area contributed by atoms with Gasteiger partial charge in [-0.25, -0.2) is 9.78 Å². The highest BCUT2D eigenvalue weighted by Gasteiger charge is 2.18. The minimum atomic E-state index is -0.579. The van der Waals surface area contributed by atoms with Gasteiger partial charge in [0.05, 0.1) is 12.4 Å². The van der Waals surface area contributed by atoms with E-state index in [0.29, 0.717) is 0 Å². The molecule has 2 atom stereocenters. The number of imidazole rings is 1. The summed E-state index contributed by atoms with van der Waals surface area (Å²) in [6.45, 7) is 3.55. The van der Waals surface area contributed by atoms with Gasteiger partial charge in [0.25, 0.3) is 0 Å². The number of hydrogen-bond acceptors (Lipinski definition) is 3. The fourth-order valence-electron chi connectivity index (χ4n) is 2.33. The Morgan fingerprint density at radius 2 is 1.96 bits per heavy atom. The SMILES string of the molecule is C[C@@H](NC(=O)N[C@H](C)c1cccc(-n2ccnc2)c1)C(=O)N(C)C. The number of nitrogens with zero attached hydrogens (tertiary/aromatic N) is 3. The van der Waals surface area contributed by atoms with Crippen LogP contribution in [0.25, 0.3) is 5.69 Å². The van der Waals surface area contributed by atoms with Gasteiger partial charge in [0.2, 0.25) is 5.91 Å². The first-order chi connectivity index (χ1) is 11.4. The van der Waals surface area contributed by atoms with Crippen molar-refractivity contribution >= 4 is 11.9 Å². The van der Waals surface area contributed by atoms with Gasteiger partial charge in [0.15, 0.2) is 0 Å². The Labute approximate surface area is 141 Å². The lowest BCUT2D eigenvalue weighted by Gasteiger charge is -2.20. The molecule has 1 heterocycles. The topological polar surface area (TPSA) is 79.3 Å². The van der Waals surface area contributed by atoms with Crippen LogP contribution >= 0.6 is 0 Å². The number of benzene rings is 1. The predicted octanol–water partition coefficient (Wildman–Crippen LogP) is 1.71. The normalized spacial score (nSPS) is 13.0. The summed E-state index contributed by atoms with van der Waals surface area (Å²) in [6, 6.07) is 6.67. The van der Waals surface area contributed by atoms with Crippen LogP contribution < -0.4 is 10.6 Å². The van der Waals surface area contributed by atoms with Crippen LogP contribution in [0.15, 0.2) is 43.0 Å². The molecule has 0 spiro atoms. The van der Waals surface area contributed by atoms with Gasteiger partial charge in [-0.3, -0.25) is 4.79 Å². The number of nitrogens with one attached hydrogen (secondary N) is 2. The third-order valence-corrected chi connectivity index (χ3v) is 3.68. The Kier molecular flexibility index (Phi) is 5.57. The molecule has 128 valence electrons. The van der Waals surface area contributed by atoms with Gasteiger partial charge in [-0.05, 0) is 31.5 Å². The lowest BCUT2D eigenvalue weighted by Crippen LogP contribution is -2.48. The summed E-state index contributed by atoms with van der Waals surface area (Å²) in [4.78, 5) is 29.3. The maximum atomic E-state index is 12.1. The molecule has 1 aromatic carbocycles. The third-order valence-electron chi connectivity index (χ3n) is 3.68. The number of urea groups is 1. The number of likely N-dealkylation sites (N-methyl/N-ethyl adjacent to an activating group) is 1. The van der Waals surface area contributed by atoms with E-state index >= 15 is 0 Å². The number of amides is 3. The number of rotatable bonds is 5. The Balaban J connectivity index is 1.99. The Morgan fingerprint density at radius 1 is 1.21 bits per heavy atom. The number of hydrogen-bond donors (Lipinski definition) is 2. The summed E-state index contributed by atoms with van der Waals surface area (Å²) in [5, 5.41) is 5.50. The van der Waals surface area contributed by atoms with Gasteiger partial charge < -0.3 is 20.1 Å². The van der Waals surface area contributed by atoms with E-state index in [0.717, 1.165) is 11.3 Å². The van der Waals surface area contributed by atoms with Crippen LogP contribution in [0.2, 0.25) is 0 Å². The molecular weight excluding hydrogens is 306 g/mol. The molecule has 0 saturated carbocycles. The van der Waals surface area contributed by atoms with Gasteiger partial charge >= 0.3 is 6.03 Å². The highest BCUT2D eigenvalue weighted by atomic mass is 16.2. The fraction of sp³-hybridized carbons (Fsp3) is 0.353. The lowest BCUT2D eigenvalue weighted by atomic mass is 10.1. The molecule has 7 heteroatoms. The largest absolute Gasteiger partial charge is 0.347 e. The zero-order valence-electron chi connectivity index (χ0n) is 14.4. The van der Waals surface area contributed by atoms with E-state index < -0.39 is 6.04 Å². The van der Waals surface area contributed by atoms with Crippen molar-refractivity contribution in [2.75, 3.05) is 14.1 Å². The van der Waals surface area contributed by atoms with E-state index in [9.17, 15) is 9.59 Å². The summed E-state index contributed by atoms with van der Waals surface area (Å²) >= 11 is 0. The summed E-state index contributed by atoms with van der Waals surface area (Å²) in [6.07, 6.45) is 5.29. The van der Waals surface area contributed by atoms with Gasteiger partial charge in [0.1, 0.15) is 6.04 Å². The standard InChI is InChI=1S/C17H23N5O2/c1-12(19-17(24)20-13(2)16(23)21(3)4)14-6-5-7-15(10-14)22-9-8-18-11-22/h5-13H,1-4H3,(H2,19,20,24)/t12-,13-/m1/s1. The molecule has 0 saturated heterocycles. The number of carbonyl (C=O) groups is 2. The molecule has 0 radical (unpaired) electrons. The van der Waals surface area contributed by atoms with Crippen molar-refractivity contribution < 1.29 is 9.59 Å². The molecule has 0 aliphatic rings. The van der Waals surface area contributed by atoms with Gasteiger partial charge in [0, 0.05) is 32.2 Å². The minimum Gasteiger partial charge on any atom is -0.347 e. The highest BCUT2D eigenvalue weighted by Crippen LogP contribution is 2.16. The van der Waals surface area contributed by atoms with Crippen LogP contribution in [0, 0.1) is 0 Å². The Bertz CT molecular complexity index is 697. The number of aromatic nitrogens is 2. The molecular formula is C17H23N5O2. The maximum absolute atomic E-state index is 12.1. The molecule has 0 unspecified atom stereocenters. The van der Waals surface area contributed by atoms with Crippen molar-refractivity contribution in [3.05, 3.63) is 48.5 Å². The molecule has 0 aliphatic carbocycles. The second-order valence-electron chi connectivity index (χ2n) is 5.86. The smallest absolute Gasteiger partial charge is 0.315 e. The van der Waals surface area contributed by atoms with Crippen molar-refractivity contribution in [2.24, 2.45) is 0 Å². The predicted molar refractivity (Wildman–Crippen MR) is 91.8 cm³/mol. The molecule has 0 aliphatic heterocycles. The maximum Gasteiger partial charge on any atom is 0.315 e. The second kappa shape index (κ2) is 7.63. The quantitative estimate of drug-likeness (QED) is 0.876. The number of carbonyl (C=O) groups excluding carboxylic acids is 2. The van der Waals surface area contributed by atoms with Gasteiger partial charge in [-0.2, -0.15) is 0 Å². The van der Waals surface area contributed by atoms with Crippen molar-refractivity contribution in [2.45, 2.75) is 25.9 Å². The van der Waals surface area contributed by atoms with Crippen LogP contribution in [0.4, 0.5) is 4.79 Å². The first kappa shape index (κ1) is 17.5. The molecule has 0 fully saturated rings.